The summed E-state index contributed by atoms with van der Waals surface area (Å²) in [4.78, 5) is 8.68. The predicted octanol–water partition coefficient (Wildman–Crippen LogP) is 4.48. The van der Waals surface area contributed by atoms with Crippen LogP contribution in [0.4, 0.5) is 0 Å². The van der Waals surface area contributed by atoms with Crippen LogP contribution in [0.5, 0.6) is 0 Å². The van der Waals surface area contributed by atoms with Crippen LogP contribution >= 0.6 is 47.2 Å². The average Bonchev–Trinajstić information content (AvgIpc) is 2.45. The molecule has 0 aliphatic rings. The van der Waals surface area contributed by atoms with E-state index in [0.717, 1.165) is 17.0 Å². The van der Waals surface area contributed by atoms with Crippen LogP contribution in [0.3, 0.4) is 0 Å². The number of nitrogens with one attached hydrogen (secondary N) is 1. The summed E-state index contributed by atoms with van der Waals surface area (Å²) < 4.78 is 0. The van der Waals surface area contributed by atoms with Crippen LogP contribution < -0.4 is 11.1 Å². The minimum Gasteiger partial charge on any atom is -0.370 e. The first kappa shape index (κ1) is 20.0. The highest BCUT2D eigenvalue weighted by atomic mass is 127. The zero-order valence-electron chi connectivity index (χ0n) is 12.9. The van der Waals surface area contributed by atoms with Crippen LogP contribution in [0.15, 0.2) is 41.4 Å². The largest absolute Gasteiger partial charge is 0.370 e. The second-order valence-corrected chi connectivity index (χ2v) is 5.85. The van der Waals surface area contributed by atoms with Gasteiger partial charge in [0.2, 0.25) is 0 Å². The van der Waals surface area contributed by atoms with Gasteiger partial charge in [-0.2, -0.15) is 0 Å². The second kappa shape index (κ2) is 9.30. The van der Waals surface area contributed by atoms with Crippen molar-refractivity contribution in [2.45, 2.75) is 26.4 Å². The SMILES string of the molecule is Cc1cccc(CN=C(N)NC(C)c2ccc(Cl)cc2Cl)n1.I. The molecule has 1 unspecified atom stereocenters. The predicted molar refractivity (Wildman–Crippen MR) is 108 cm³/mol. The van der Waals surface area contributed by atoms with Gasteiger partial charge in [0.15, 0.2) is 5.96 Å². The van der Waals surface area contributed by atoms with Crippen LogP contribution in [-0.2, 0) is 6.54 Å². The Hall–Kier alpha value is -1.05. The Morgan fingerprint density at radius 1 is 1.30 bits per heavy atom. The molecule has 0 aliphatic heterocycles. The molecule has 124 valence electrons. The molecule has 2 rings (SSSR count). The third-order valence-electron chi connectivity index (χ3n) is 3.15. The van der Waals surface area contributed by atoms with Gasteiger partial charge in [-0.15, -0.1) is 24.0 Å². The Balaban J connectivity index is 0.00000264. The summed E-state index contributed by atoms with van der Waals surface area (Å²) in [6.07, 6.45) is 0. The fourth-order valence-electron chi connectivity index (χ4n) is 2.05. The number of nitrogens with two attached hydrogens (primary N) is 1. The van der Waals surface area contributed by atoms with Crippen molar-refractivity contribution >= 4 is 53.1 Å². The lowest BCUT2D eigenvalue weighted by molar-refractivity contribution is 0.707. The molecule has 0 saturated carbocycles. The maximum absolute atomic E-state index is 6.18. The van der Waals surface area contributed by atoms with Crippen LogP contribution in [0.25, 0.3) is 0 Å². The highest BCUT2D eigenvalue weighted by Crippen LogP contribution is 2.25. The quantitative estimate of drug-likeness (QED) is 0.398. The summed E-state index contributed by atoms with van der Waals surface area (Å²) in [5, 5.41) is 4.32. The number of aryl methyl sites for hydroxylation is 1. The second-order valence-electron chi connectivity index (χ2n) is 5.00. The first-order valence-corrected chi connectivity index (χ1v) is 7.65. The smallest absolute Gasteiger partial charge is 0.189 e. The minimum atomic E-state index is -0.0704. The molecule has 0 fully saturated rings. The molecule has 0 radical (unpaired) electrons. The van der Waals surface area contributed by atoms with E-state index in [2.05, 4.69) is 15.3 Å². The first-order valence-electron chi connectivity index (χ1n) is 6.89. The summed E-state index contributed by atoms with van der Waals surface area (Å²) in [5.74, 6) is 0.349. The normalized spacial score (nSPS) is 12.4. The maximum Gasteiger partial charge on any atom is 0.189 e. The lowest BCUT2D eigenvalue weighted by Crippen LogP contribution is -2.34. The maximum atomic E-state index is 6.18. The molecule has 4 nitrogen and oxygen atoms in total. The number of hydrogen-bond acceptors (Lipinski definition) is 2. The highest BCUT2D eigenvalue weighted by Gasteiger charge is 2.10. The average molecular weight is 465 g/mol. The molecule has 2 aromatic rings. The van der Waals surface area contributed by atoms with E-state index < -0.39 is 0 Å². The van der Waals surface area contributed by atoms with Crippen molar-refractivity contribution in [1.29, 1.82) is 0 Å². The molecule has 0 saturated heterocycles. The minimum absolute atomic E-state index is 0. The van der Waals surface area contributed by atoms with E-state index in [1.807, 2.05) is 38.1 Å². The Labute approximate surface area is 163 Å². The summed E-state index contributed by atoms with van der Waals surface area (Å²) >= 11 is 12.1. The number of aromatic nitrogens is 1. The van der Waals surface area contributed by atoms with Crippen molar-refractivity contribution < 1.29 is 0 Å². The van der Waals surface area contributed by atoms with Gasteiger partial charge in [0.05, 0.1) is 18.3 Å². The van der Waals surface area contributed by atoms with Crippen molar-refractivity contribution in [3.63, 3.8) is 0 Å². The topological polar surface area (TPSA) is 63.3 Å². The van der Waals surface area contributed by atoms with Crippen molar-refractivity contribution in [3.05, 3.63) is 63.4 Å². The zero-order valence-corrected chi connectivity index (χ0v) is 16.7. The Morgan fingerprint density at radius 2 is 2.04 bits per heavy atom. The zero-order chi connectivity index (χ0) is 16.1. The van der Waals surface area contributed by atoms with Gasteiger partial charge < -0.3 is 11.1 Å². The third kappa shape index (κ3) is 6.16. The Kier molecular flexibility index (Phi) is 8.08. The molecular weight excluding hydrogens is 446 g/mol. The van der Waals surface area contributed by atoms with E-state index >= 15 is 0 Å². The molecule has 7 heteroatoms. The Morgan fingerprint density at radius 3 is 2.70 bits per heavy atom. The van der Waals surface area contributed by atoms with E-state index in [4.69, 9.17) is 28.9 Å². The van der Waals surface area contributed by atoms with Crippen molar-refractivity contribution in [3.8, 4) is 0 Å². The van der Waals surface area contributed by atoms with Gasteiger partial charge in [0.1, 0.15) is 0 Å². The van der Waals surface area contributed by atoms with Gasteiger partial charge in [-0.05, 0) is 43.7 Å². The number of aliphatic imine (C=N–C) groups is 1. The molecular formula is C16H19Cl2IN4. The highest BCUT2D eigenvalue weighted by molar-refractivity contribution is 14.0. The third-order valence-corrected chi connectivity index (χ3v) is 3.71. The number of nitrogens with zero attached hydrogens (tertiary/aromatic N) is 2. The van der Waals surface area contributed by atoms with Gasteiger partial charge in [-0.25, -0.2) is 4.99 Å². The summed E-state index contributed by atoms with van der Waals surface area (Å²) in [5.41, 5.74) is 8.67. The van der Waals surface area contributed by atoms with E-state index in [9.17, 15) is 0 Å². The molecule has 0 amide bonds. The molecule has 0 bridgehead atoms. The Bertz CT molecular complexity index is 692. The van der Waals surface area contributed by atoms with Gasteiger partial charge in [-0.3, -0.25) is 4.98 Å². The fourth-order valence-corrected chi connectivity index (χ4v) is 2.62. The number of rotatable bonds is 4. The molecule has 1 heterocycles. The first-order chi connectivity index (χ1) is 10.5. The number of pyridine rings is 1. The van der Waals surface area contributed by atoms with Gasteiger partial charge in [0.25, 0.3) is 0 Å². The van der Waals surface area contributed by atoms with Crippen molar-refractivity contribution in [2.24, 2.45) is 10.7 Å². The van der Waals surface area contributed by atoms with E-state index in [0.29, 0.717) is 22.5 Å². The molecule has 0 spiro atoms. The molecule has 0 aliphatic carbocycles. The molecule has 1 aromatic carbocycles. The molecule has 1 atom stereocenters. The van der Waals surface area contributed by atoms with E-state index in [1.165, 1.54) is 0 Å². The summed E-state index contributed by atoms with van der Waals surface area (Å²) in [6.45, 7) is 4.34. The van der Waals surface area contributed by atoms with Crippen LogP contribution in [0.2, 0.25) is 10.0 Å². The number of hydrogen-bond donors (Lipinski definition) is 2. The van der Waals surface area contributed by atoms with E-state index in [1.54, 1.807) is 12.1 Å². The van der Waals surface area contributed by atoms with Gasteiger partial charge in [0, 0.05) is 15.7 Å². The lowest BCUT2D eigenvalue weighted by Gasteiger charge is -2.16. The number of halogens is 3. The van der Waals surface area contributed by atoms with Crippen LogP contribution in [0, 0.1) is 6.92 Å². The molecule has 3 N–H and O–H groups in total. The van der Waals surface area contributed by atoms with Gasteiger partial charge >= 0.3 is 0 Å². The van der Waals surface area contributed by atoms with Gasteiger partial charge in [-0.1, -0.05) is 35.3 Å². The number of guanidine groups is 1. The van der Waals surface area contributed by atoms with Crippen molar-refractivity contribution in [1.82, 2.24) is 10.3 Å². The number of benzene rings is 1. The summed E-state index contributed by atoms with van der Waals surface area (Å²) in [7, 11) is 0. The fraction of sp³-hybridized carbons (Fsp3) is 0.250. The van der Waals surface area contributed by atoms with Crippen LogP contribution in [-0.4, -0.2) is 10.9 Å². The summed E-state index contributed by atoms with van der Waals surface area (Å²) in [6, 6.07) is 11.1. The van der Waals surface area contributed by atoms with Crippen molar-refractivity contribution in [2.75, 3.05) is 0 Å². The monoisotopic (exact) mass is 464 g/mol. The molecule has 23 heavy (non-hydrogen) atoms. The van der Waals surface area contributed by atoms with Crippen LogP contribution in [0.1, 0.15) is 29.9 Å². The lowest BCUT2D eigenvalue weighted by atomic mass is 10.1. The van der Waals surface area contributed by atoms with E-state index in [-0.39, 0.29) is 30.0 Å². The molecule has 1 aromatic heterocycles. The standard InChI is InChI=1S/C16H18Cl2N4.HI/c1-10-4-3-5-13(21-10)9-20-16(19)22-11(2)14-7-6-12(17)8-15(14)18;/h3-8,11H,9H2,1-2H3,(H3,19,20,22);1H.